The zero-order chi connectivity index (χ0) is 18.5. The molecule has 1 N–H and O–H groups in total. The van der Waals surface area contributed by atoms with Gasteiger partial charge in [-0.25, -0.2) is 4.98 Å². The van der Waals surface area contributed by atoms with Gasteiger partial charge in [-0.1, -0.05) is 36.0 Å². The lowest BCUT2D eigenvalue weighted by Gasteiger charge is -2.04. The smallest absolute Gasteiger partial charge is 0.314 e. The molecule has 0 amide bonds. The first kappa shape index (κ1) is 18.9. The van der Waals surface area contributed by atoms with Crippen molar-refractivity contribution in [3.05, 3.63) is 48.5 Å². The Bertz CT molecular complexity index is 824. The minimum atomic E-state index is -0.898. The molecule has 3 rings (SSSR count). The van der Waals surface area contributed by atoms with Crippen molar-refractivity contribution in [1.82, 2.24) is 4.98 Å². The van der Waals surface area contributed by atoms with Crippen molar-refractivity contribution in [3.63, 3.8) is 0 Å². The summed E-state index contributed by atoms with van der Waals surface area (Å²) in [6.45, 7) is 0. The summed E-state index contributed by atoms with van der Waals surface area (Å²) >= 11 is 4.44. The van der Waals surface area contributed by atoms with E-state index in [9.17, 15) is 4.79 Å². The Labute approximate surface area is 164 Å². The van der Waals surface area contributed by atoms with Crippen molar-refractivity contribution in [1.29, 1.82) is 0 Å². The molecule has 2 aromatic carbocycles. The average molecular weight is 404 g/mol. The molecule has 26 heavy (non-hydrogen) atoms. The number of nitrogens with zero attached hydrogens (tertiary/aromatic N) is 1. The van der Waals surface area contributed by atoms with Crippen LogP contribution in [0, 0.1) is 0 Å². The molecule has 1 heterocycles. The number of hydrogen-bond acceptors (Lipinski definition) is 6. The van der Waals surface area contributed by atoms with Gasteiger partial charge in [0.05, 0.1) is 0 Å². The van der Waals surface area contributed by atoms with Crippen LogP contribution >= 0.6 is 35.3 Å². The summed E-state index contributed by atoms with van der Waals surface area (Å²) in [5, 5.41) is 9.27. The molecule has 0 atom stereocenters. The first-order valence-corrected chi connectivity index (χ1v) is 11.2. The number of rotatable bonds is 7. The maximum Gasteiger partial charge on any atom is 0.314 e. The van der Waals surface area contributed by atoms with E-state index in [2.05, 4.69) is 4.98 Å². The third-order valence-corrected chi connectivity index (χ3v) is 5.94. The highest BCUT2D eigenvalue weighted by atomic mass is 32.2. The van der Waals surface area contributed by atoms with Crippen molar-refractivity contribution >= 4 is 41.3 Å². The highest BCUT2D eigenvalue weighted by Crippen LogP contribution is 2.36. The van der Waals surface area contributed by atoms with Crippen molar-refractivity contribution in [2.45, 2.75) is 15.0 Å². The van der Waals surface area contributed by atoms with Gasteiger partial charge in [0.1, 0.15) is 11.4 Å². The Morgan fingerprint density at radius 2 is 1.50 bits per heavy atom. The number of benzene rings is 2. The van der Waals surface area contributed by atoms with E-state index in [0.29, 0.717) is 11.0 Å². The molecule has 0 radical (unpaired) electrons. The first-order valence-electron chi connectivity index (χ1n) is 7.75. The molecular formula is C19H17NO3S3. The largest absolute Gasteiger partial charge is 0.481 e. The molecule has 0 saturated carbocycles. The average Bonchev–Trinajstić information content (AvgIpc) is 3.11. The number of carboxylic acid groups (broad SMARTS) is 1. The van der Waals surface area contributed by atoms with Gasteiger partial charge in [0.15, 0.2) is 5.76 Å². The summed E-state index contributed by atoms with van der Waals surface area (Å²) in [5.74, 6) is -0.330. The molecule has 0 spiro atoms. The van der Waals surface area contributed by atoms with E-state index >= 15 is 0 Å². The fourth-order valence-corrected chi connectivity index (χ4v) is 3.73. The normalized spacial score (nSPS) is 10.8. The predicted octanol–water partition coefficient (Wildman–Crippen LogP) is 5.63. The number of hydrogen-bond donors (Lipinski definition) is 1. The van der Waals surface area contributed by atoms with E-state index in [1.54, 1.807) is 23.5 Å². The van der Waals surface area contributed by atoms with Gasteiger partial charge in [-0.05, 0) is 36.8 Å². The minimum absolute atomic E-state index is 0.0871. The Kier molecular flexibility index (Phi) is 6.34. The molecule has 0 saturated heterocycles. The molecule has 7 heteroatoms. The molecule has 134 valence electrons. The topological polar surface area (TPSA) is 63.3 Å². The summed E-state index contributed by atoms with van der Waals surface area (Å²) in [6.07, 6.45) is 4.06. The lowest BCUT2D eigenvalue weighted by molar-refractivity contribution is -0.133. The summed E-state index contributed by atoms with van der Waals surface area (Å²) in [5.41, 5.74) is 2.58. The number of aromatic nitrogens is 1. The first-order chi connectivity index (χ1) is 12.6. The summed E-state index contributed by atoms with van der Waals surface area (Å²) in [6, 6.07) is 16.2. The van der Waals surface area contributed by atoms with Gasteiger partial charge >= 0.3 is 5.97 Å². The molecule has 0 fully saturated rings. The molecule has 3 aromatic rings. The van der Waals surface area contributed by atoms with Crippen LogP contribution in [0.3, 0.4) is 0 Å². The second kappa shape index (κ2) is 8.70. The second-order valence-corrected chi connectivity index (χ2v) is 7.98. The zero-order valence-corrected chi connectivity index (χ0v) is 16.7. The van der Waals surface area contributed by atoms with Crippen LogP contribution in [0.1, 0.15) is 0 Å². The van der Waals surface area contributed by atoms with Crippen LogP contribution in [-0.2, 0) is 4.79 Å². The predicted molar refractivity (Wildman–Crippen MR) is 109 cm³/mol. The van der Waals surface area contributed by atoms with Gasteiger partial charge in [-0.3, -0.25) is 4.79 Å². The van der Waals surface area contributed by atoms with Crippen molar-refractivity contribution in [2.24, 2.45) is 0 Å². The quantitative estimate of drug-likeness (QED) is 0.513. The third-order valence-electron chi connectivity index (χ3n) is 3.64. The number of thioether (sulfide) groups is 3. The van der Waals surface area contributed by atoms with Crippen LogP contribution in [0.4, 0.5) is 0 Å². The summed E-state index contributed by atoms with van der Waals surface area (Å²) in [4.78, 5) is 17.7. The fourth-order valence-electron chi connectivity index (χ4n) is 2.37. The van der Waals surface area contributed by atoms with Crippen LogP contribution in [0.15, 0.2) is 68.0 Å². The number of carbonyl (C=O) groups is 1. The molecule has 0 aliphatic rings. The number of carboxylic acids is 1. The highest BCUT2D eigenvalue weighted by Gasteiger charge is 2.18. The molecule has 0 aliphatic heterocycles. The van der Waals surface area contributed by atoms with Gasteiger partial charge in [0.2, 0.25) is 0 Å². The van der Waals surface area contributed by atoms with Crippen LogP contribution in [0.5, 0.6) is 0 Å². The molecular weight excluding hydrogens is 386 g/mol. The monoisotopic (exact) mass is 403 g/mol. The van der Waals surface area contributed by atoms with E-state index < -0.39 is 5.97 Å². The second-order valence-electron chi connectivity index (χ2n) is 5.30. The lowest BCUT2D eigenvalue weighted by Crippen LogP contribution is -1.97. The van der Waals surface area contributed by atoms with E-state index in [0.717, 1.165) is 28.6 Å². The summed E-state index contributed by atoms with van der Waals surface area (Å²) < 4.78 is 5.91. The van der Waals surface area contributed by atoms with Crippen LogP contribution in [0.25, 0.3) is 22.6 Å². The van der Waals surface area contributed by atoms with E-state index in [4.69, 9.17) is 9.52 Å². The van der Waals surface area contributed by atoms with Crippen molar-refractivity contribution in [3.8, 4) is 22.6 Å². The SMILES string of the molecule is CSc1ccc(-c2nc(SCC(=O)O)oc2-c2ccc(SC)cc2)cc1. The fraction of sp³-hybridized carbons (Fsp3) is 0.158. The van der Waals surface area contributed by atoms with Crippen LogP contribution < -0.4 is 0 Å². The molecule has 4 nitrogen and oxygen atoms in total. The Morgan fingerprint density at radius 3 is 2.00 bits per heavy atom. The van der Waals surface area contributed by atoms with E-state index in [1.807, 2.05) is 61.0 Å². The Morgan fingerprint density at radius 1 is 0.962 bits per heavy atom. The van der Waals surface area contributed by atoms with Gasteiger partial charge in [-0.15, -0.1) is 23.5 Å². The lowest BCUT2D eigenvalue weighted by atomic mass is 10.1. The van der Waals surface area contributed by atoms with Gasteiger partial charge in [0.25, 0.3) is 5.22 Å². The van der Waals surface area contributed by atoms with E-state index in [1.165, 1.54) is 9.79 Å². The van der Waals surface area contributed by atoms with Gasteiger partial charge in [-0.2, -0.15) is 0 Å². The Hall–Kier alpha value is -1.83. The summed E-state index contributed by atoms with van der Waals surface area (Å²) in [7, 11) is 0. The van der Waals surface area contributed by atoms with Crippen LogP contribution in [0.2, 0.25) is 0 Å². The van der Waals surface area contributed by atoms with Gasteiger partial charge < -0.3 is 9.52 Å². The molecule has 0 unspecified atom stereocenters. The number of oxazole rings is 1. The maximum atomic E-state index is 10.9. The highest BCUT2D eigenvalue weighted by molar-refractivity contribution is 7.99. The molecule has 0 aliphatic carbocycles. The molecule has 0 bridgehead atoms. The molecule has 1 aromatic heterocycles. The van der Waals surface area contributed by atoms with Crippen molar-refractivity contribution < 1.29 is 14.3 Å². The van der Waals surface area contributed by atoms with Crippen LogP contribution in [-0.4, -0.2) is 34.3 Å². The number of aliphatic carboxylic acids is 1. The standard InChI is InChI=1S/C19H17NO3S3/c1-24-14-7-3-12(4-8-14)17-18(13-5-9-15(25-2)10-6-13)23-19(20-17)26-11-16(21)22/h3-10H,11H2,1-2H3,(H,21,22). The van der Waals surface area contributed by atoms with E-state index in [-0.39, 0.29) is 5.75 Å². The van der Waals surface area contributed by atoms with Gasteiger partial charge in [0, 0.05) is 20.9 Å². The van der Waals surface area contributed by atoms with Crippen molar-refractivity contribution in [2.75, 3.05) is 18.3 Å². The zero-order valence-electron chi connectivity index (χ0n) is 14.3. The maximum absolute atomic E-state index is 10.9. The third kappa shape index (κ3) is 4.47. The minimum Gasteiger partial charge on any atom is -0.481 e. The Balaban J connectivity index is 2.02.